The van der Waals surface area contributed by atoms with Gasteiger partial charge in [-0.1, -0.05) is 30.3 Å². The summed E-state index contributed by atoms with van der Waals surface area (Å²) in [6, 6.07) is 9.26. The molecule has 0 aromatic heterocycles. The molecule has 0 aliphatic carbocycles. The average Bonchev–Trinajstić information content (AvgIpc) is 2.18. The highest BCUT2D eigenvalue weighted by atomic mass is 16.5. The highest BCUT2D eigenvalue weighted by Gasteiger charge is 2.13. The Labute approximate surface area is 87.1 Å². The molecule has 0 amide bonds. The monoisotopic (exact) mass is 208 g/mol. The van der Waals surface area contributed by atoms with Gasteiger partial charge in [0.05, 0.1) is 0 Å². The molecule has 80 valence electrons. The van der Waals surface area contributed by atoms with Crippen LogP contribution in [0.5, 0.6) is 0 Å². The van der Waals surface area contributed by atoms with Crippen LogP contribution < -0.4 is 0 Å². The van der Waals surface area contributed by atoms with E-state index >= 15 is 0 Å². The van der Waals surface area contributed by atoms with E-state index in [4.69, 9.17) is 15.3 Å². The third-order valence-electron chi connectivity index (χ3n) is 2.03. The number of hydrogen-bond donors (Lipinski definition) is 3. The van der Waals surface area contributed by atoms with Gasteiger partial charge < -0.3 is 15.3 Å². The smallest absolute Gasteiger partial charge is 0.338 e. The molecule has 3 N–H and O–H groups in total. The number of hydrogen-bond acceptors (Lipinski definition) is 3. The number of aryl methyl sites for hydroxylation is 1. The Bertz CT molecular complexity index is 363. The van der Waals surface area contributed by atoms with Gasteiger partial charge in [-0.2, -0.15) is 0 Å². The van der Waals surface area contributed by atoms with Crippen LogP contribution >= 0.6 is 0 Å². The third-order valence-corrected chi connectivity index (χ3v) is 2.03. The normalized spacial score (nSPS) is 9.60. The molecular formula is C11H12O4. The number of carboxylic acid groups (broad SMARTS) is 1. The SMILES string of the molecule is O=C(O)C(CCc1ccccc1)=C(O)O. The summed E-state index contributed by atoms with van der Waals surface area (Å²) in [5.41, 5.74) is 0.594. The van der Waals surface area contributed by atoms with Crippen molar-refractivity contribution in [1.29, 1.82) is 0 Å². The topological polar surface area (TPSA) is 77.8 Å². The van der Waals surface area contributed by atoms with Crippen molar-refractivity contribution >= 4 is 5.97 Å². The first-order valence-electron chi connectivity index (χ1n) is 4.49. The van der Waals surface area contributed by atoms with Gasteiger partial charge in [-0.05, 0) is 18.4 Å². The fourth-order valence-corrected chi connectivity index (χ4v) is 1.23. The standard InChI is InChI=1S/C11H12O4/c12-10(13)9(11(14)15)7-6-8-4-2-1-3-5-8/h1-5,12-13H,6-7H2,(H,14,15). The van der Waals surface area contributed by atoms with Crippen molar-refractivity contribution in [3.05, 3.63) is 47.4 Å². The van der Waals surface area contributed by atoms with Crippen LogP contribution in [0.3, 0.4) is 0 Å². The van der Waals surface area contributed by atoms with Crippen LogP contribution in [0.25, 0.3) is 0 Å². The van der Waals surface area contributed by atoms with Gasteiger partial charge in [-0.3, -0.25) is 0 Å². The van der Waals surface area contributed by atoms with E-state index in [1.807, 2.05) is 30.3 Å². The molecule has 0 fully saturated rings. The van der Waals surface area contributed by atoms with Crippen LogP contribution in [-0.2, 0) is 11.2 Å². The summed E-state index contributed by atoms with van der Waals surface area (Å²) in [6.07, 6.45) is 0.564. The van der Waals surface area contributed by atoms with E-state index in [0.29, 0.717) is 6.42 Å². The second-order valence-electron chi connectivity index (χ2n) is 3.09. The Morgan fingerprint density at radius 2 is 1.67 bits per heavy atom. The lowest BCUT2D eigenvalue weighted by Crippen LogP contribution is -2.05. The molecule has 1 aromatic carbocycles. The highest BCUT2D eigenvalue weighted by molar-refractivity contribution is 5.86. The summed E-state index contributed by atoms with van der Waals surface area (Å²) in [6.45, 7) is 0. The van der Waals surface area contributed by atoms with Crippen LogP contribution in [0.1, 0.15) is 12.0 Å². The Balaban J connectivity index is 2.64. The van der Waals surface area contributed by atoms with Crippen molar-refractivity contribution < 1.29 is 20.1 Å². The van der Waals surface area contributed by atoms with Gasteiger partial charge in [-0.15, -0.1) is 0 Å². The van der Waals surface area contributed by atoms with E-state index in [2.05, 4.69) is 0 Å². The van der Waals surface area contributed by atoms with Crippen molar-refractivity contribution in [2.24, 2.45) is 0 Å². The Kier molecular flexibility index (Phi) is 3.74. The summed E-state index contributed by atoms with van der Waals surface area (Å²) in [7, 11) is 0. The first-order chi connectivity index (χ1) is 7.11. The van der Waals surface area contributed by atoms with Gasteiger partial charge in [0.1, 0.15) is 5.57 Å². The molecule has 0 aliphatic heterocycles. The fraction of sp³-hybridized carbons (Fsp3) is 0.182. The van der Waals surface area contributed by atoms with Gasteiger partial charge in [-0.25, -0.2) is 4.79 Å². The first-order valence-corrected chi connectivity index (χ1v) is 4.49. The van der Waals surface area contributed by atoms with Gasteiger partial charge in [0.15, 0.2) is 0 Å². The van der Waals surface area contributed by atoms with Gasteiger partial charge in [0, 0.05) is 0 Å². The Morgan fingerprint density at radius 3 is 2.13 bits per heavy atom. The number of carboxylic acids is 1. The zero-order chi connectivity index (χ0) is 11.3. The number of aliphatic hydroxyl groups excluding tert-OH is 1. The molecule has 0 saturated carbocycles. The second kappa shape index (κ2) is 5.05. The van der Waals surface area contributed by atoms with Crippen molar-refractivity contribution in [2.45, 2.75) is 12.8 Å². The lowest BCUT2D eigenvalue weighted by molar-refractivity contribution is -0.133. The first kappa shape index (κ1) is 11.1. The van der Waals surface area contributed by atoms with E-state index in [-0.39, 0.29) is 12.0 Å². The lowest BCUT2D eigenvalue weighted by Gasteiger charge is -2.02. The van der Waals surface area contributed by atoms with E-state index < -0.39 is 11.9 Å². The molecule has 0 heterocycles. The molecule has 0 atom stereocenters. The summed E-state index contributed by atoms with van der Waals surface area (Å²) in [5, 5.41) is 26.1. The van der Waals surface area contributed by atoms with Crippen LogP contribution in [-0.4, -0.2) is 21.3 Å². The van der Waals surface area contributed by atoms with E-state index in [9.17, 15) is 4.79 Å². The average molecular weight is 208 g/mol. The van der Waals surface area contributed by atoms with E-state index in [0.717, 1.165) is 5.56 Å². The summed E-state index contributed by atoms with van der Waals surface area (Å²) < 4.78 is 0. The van der Waals surface area contributed by atoms with Crippen molar-refractivity contribution in [3.63, 3.8) is 0 Å². The van der Waals surface area contributed by atoms with Crippen LogP contribution in [0.2, 0.25) is 0 Å². The van der Waals surface area contributed by atoms with Crippen molar-refractivity contribution in [2.75, 3.05) is 0 Å². The highest BCUT2D eigenvalue weighted by Crippen LogP contribution is 2.11. The zero-order valence-corrected chi connectivity index (χ0v) is 8.05. The van der Waals surface area contributed by atoms with Crippen LogP contribution in [0.15, 0.2) is 41.9 Å². The molecule has 15 heavy (non-hydrogen) atoms. The molecule has 4 nitrogen and oxygen atoms in total. The van der Waals surface area contributed by atoms with Crippen molar-refractivity contribution in [3.8, 4) is 0 Å². The molecule has 0 bridgehead atoms. The quantitative estimate of drug-likeness (QED) is 0.522. The Hall–Kier alpha value is -1.97. The molecule has 1 aromatic rings. The summed E-state index contributed by atoms with van der Waals surface area (Å²) in [5.74, 6) is -2.41. The molecule has 4 heteroatoms. The second-order valence-corrected chi connectivity index (χ2v) is 3.09. The minimum atomic E-state index is -1.30. The Morgan fingerprint density at radius 1 is 1.07 bits per heavy atom. The van der Waals surface area contributed by atoms with Gasteiger partial charge >= 0.3 is 5.97 Å². The van der Waals surface area contributed by atoms with Crippen LogP contribution in [0.4, 0.5) is 0 Å². The molecule has 0 spiro atoms. The van der Waals surface area contributed by atoms with E-state index in [1.165, 1.54) is 0 Å². The molecule has 1 rings (SSSR count). The predicted molar refractivity (Wildman–Crippen MR) is 54.7 cm³/mol. The lowest BCUT2D eigenvalue weighted by atomic mass is 10.1. The van der Waals surface area contributed by atoms with Crippen molar-refractivity contribution in [1.82, 2.24) is 0 Å². The summed E-state index contributed by atoms with van der Waals surface area (Å²) >= 11 is 0. The maximum atomic E-state index is 10.6. The number of rotatable bonds is 4. The number of benzene rings is 1. The number of aliphatic hydroxyl groups is 2. The minimum absolute atomic E-state index is 0.0989. The zero-order valence-electron chi connectivity index (χ0n) is 8.05. The van der Waals surface area contributed by atoms with Gasteiger partial charge in [0.2, 0.25) is 0 Å². The maximum absolute atomic E-state index is 10.6. The maximum Gasteiger partial charge on any atom is 0.338 e. The molecule has 0 saturated heterocycles. The van der Waals surface area contributed by atoms with E-state index in [1.54, 1.807) is 0 Å². The molecule has 0 unspecified atom stereocenters. The number of carbonyl (C=O) groups is 1. The fourth-order valence-electron chi connectivity index (χ4n) is 1.23. The molecule has 0 radical (unpaired) electrons. The molecular weight excluding hydrogens is 196 g/mol. The van der Waals surface area contributed by atoms with Crippen LogP contribution in [0, 0.1) is 0 Å². The molecule has 0 aliphatic rings. The third kappa shape index (κ3) is 3.34. The number of aliphatic carboxylic acids is 1. The minimum Gasteiger partial charge on any atom is -0.481 e. The largest absolute Gasteiger partial charge is 0.481 e. The predicted octanol–water partition coefficient (Wildman–Crippen LogP) is 2.03. The summed E-state index contributed by atoms with van der Waals surface area (Å²) in [4.78, 5) is 10.6. The van der Waals surface area contributed by atoms with Gasteiger partial charge in [0.25, 0.3) is 5.95 Å².